The van der Waals surface area contributed by atoms with Gasteiger partial charge in [-0.2, -0.15) is 4.98 Å². The van der Waals surface area contributed by atoms with E-state index in [-0.39, 0.29) is 42.0 Å². The quantitative estimate of drug-likeness (QED) is 0.318. The number of anilines is 2. The Kier molecular flexibility index (Phi) is 6.22. The van der Waals surface area contributed by atoms with Crippen molar-refractivity contribution in [3.63, 3.8) is 0 Å². The molecule has 14 nitrogen and oxygen atoms in total. The average molecular weight is 571 g/mol. The Balaban J connectivity index is 1.08. The van der Waals surface area contributed by atoms with Crippen LogP contribution in [0.25, 0.3) is 5.65 Å². The molecule has 0 spiro atoms. The molecule has 3 fully saturated rings. The third kappa shape index (κ3) is 4.87. The van der Waals surface area contributed by atoms with Crippen LogP contribution in [0.3, 0.4) is 0 Å². The van der Waals surface area contributed by atoms with Gasteiger partial charge in [-0.15, -0.1) is 10.2 Å². The molecule has 2 unspecified atom stereocenters. The number of nitrogens with zero attached hydrogens (tertiary/aromatic N) is 9. The number of aliphatic hydroxyl groups excluding tert-OH is 1. The molecule has 1 aliphatic heterocycles. The summed E-state index contributed by atoms with van der Waals surface area (Å²) < 4.78 is 7.97. The van der Waals surface area contributed by atoms with Crippen molar-refractivity contribution in [3.8, 4) is 5.88 Å². The van der Waals surface area contributed by atoms with Crippen molar-refractivity contribution < 1.29 is 19.4 Å². The second kappa shape index (κ2) is 9.98. The number of fused-ring (bicyclic) bond motifs is 1. The van der Waals surface area contributed by atoms with Crippen LogP contribution in [0.1, 0.15) is 66.9 Å². The van der Waals surface area contributed by atoms with Crippen LogP contribution in [-0.2, 0) is 9.59 Å². The number of aliphatic hydroxyl groups is 1. The maximum Gasteiger partial charge on any atom is 0.252 e. The summed E-state index contributed by atoms with van der Waals surface area (Å²) in [6.07, 6.45) is 8.27. The van der Waals surface area contributed by atoms with E-state index in [0.29, 0.717) is 35.2 Å². The molecule has 2 aliphatic carbocycles. The molecule has 2 N–H and O–H groups in total. The van der Waals surface area contributed by atoms with Crippen LogP contribution in [0.2, 0.25) is 0 Å². The van der Waals surface area contributed by atoms with Gasteiger partial charge in [-0.3, -0.25) is 14.9 Å². The normalized spacial score (nSPS) is 22.5. The topological polar surface area (TPSA) is 164 Å². The van der Waals surface area contributed by atoms with Crippen molar-refractivity contribution in [2.75, 3.05) is 23.8 Å². The van der Waals surface area contributed by atoms with E-state index in [9.17, 15) is 14.7 Å². The smallest absolute Gasteiger partial charge is 0.252 e. The van der Waals surface area contributed by atoms with E-state index < -0.39 is 12.5 Å². The number of amides is 2. The van der Waals surface area contributed by atoms with Gasteiger partial charge in [0.2, 0.25) is 24.0 Å². The summed E-state index contributed by atoms with van der Waals surface area (Å²) in [6, 6.07) is 3.84. The van der Waals surface area contributed by atoms with Crippen molar-refractivity contribution in [2.45, 2.75) is 57.4 Å². The van der Waals surface area contributed by atoms with Gasteiger partial charge in [-0.1, -0.05) is 0 Å². The Bertz CT molecular complexity index is 1710. The van der Waals surface area contributed by atoms with Crippen molar-refractivity contribution in [1.29, 1.82) is 0 Å². The zero-order chi connectivity index (χ0) is 29.1. The first-order valence-electron chi connectivity index (χ1n) is 13.9. The van der Waals surface area contributed by atoms with E-state index >= 15 is 0 Å². The largest absolute Gasteiger partial charge is 0.467 e. The zero-order valence-electron chi connectivity index (χ0n) is 23.4. The van der Waals surface area contributed by atoms with Gasteiger partial charge in [0.05, 0.1) is 11.4 Å². The van der Waals surface area contributed by atoms with Gasteiger partial charge in [0.1, 0.15) is 24.7 Å². The van der Waals surface area contributed by atoms with E-state index in [1.54, 1.807) is 18.1 Å². The molecule has 216 valence electrons. The zero-order valence-corrected chi connectivity index (χ0v) is 23.4. The van der Waals surface area contributed by atoms with Gasteiger partial charge in [-0.25, -0.2) is 15.0 Å². The van der Waals surface area contributed by atoms with Crippen molar-refractivity contribution >= 4 is 29.1 Å². The molecule has 0 aromatic carbocycles. The number of rotatable bonds is 8. The highest BCUT2D eigenvalue weighted by Crippen LogP contribution is 2.46. The molecule has 5 heterocycles. The fraction of sp³-hybridized carbons (Fsp3) is 0.429. The lowest BCUT2D eigenvalue weighted by atomic mass is 10.1. The Morgan fingerprint density at radius 1 is 1.21 bits per heavy atom. The highest BCUT2D eigenvalue weighted by atomic mass is 16.5. The van der Waals surface area contributed by atoms with E-state index in [0.717, 1.165) is 24.1 Å². The molecule has 4 aromatic rings. The van der Waals surface area contributed by atoms with E-state index in [2.05, 4.69) is 30.5 Å². The fourth-order valence-corrected chi connectivity index (χ4v) is 5.31. The number of pyridine rings is 1. The number of likely N-dealkylation sites (N-methyl/N-ethyl adjacent to an activating group) is 1. The highest BCUT2D eigenvalue weighted by Gasteiger charge is 2.46. The van der Waals surface area contributed by atoms with Gasteiger partial charge in [0.25, 0.3) is 5.95 Å². The molecule has 0 radical (unpaired) electrons. The molecule has 2 amide bonds. The van der Waals surface area contributed by atoms with Gasteiger partial charge < -0.3 is 24.0 Å². The van der Waals surface area contributed by atoms with Crippen molar-refractivity contribution in [2.24, 2.45) is 5.92 Å². The average Bonchev–Trinajstić information content (AvgIpc) is 3.90. The third-order valence-electron chi connectivity index (χ3n) is 8.01. The minimum absolute atomic E-state index is 0.0297. The first kappa shape index (κ1) is 26.2. The van der Waals surface area contributed by atoms with E-state index in [1.807, 2.05) is 42.8 Å². The minimum atomic E-state index is -1.07. The lowest BCUT2D eigenvalue weighted by molar-refractivity contribution is -0.130. The van der Waals surface area contributed by atoms with Crippen LogP contribution in [-0.4, -0.2) is 76.3 Å². The van der Waals surface area contributed by atoms with Crippen molar-refractivity contribution in [1.82, 2.24) is 39.4 Å². The number of aryl methyl sites for hydroxylation is 1. The van der Waals surface area contributed by atoms with Gasteiger partial charge >= 0.3 is 0 Å². The maximum atomic E-state index is 12.8. The molecular formula is C28H30N10O4. The van der Waals surface area contributed by atoms with Crippen LogP contribution in [0.15, 0.2) is 36.9 Å². The monoisotopic (exact) mass is 570 g/mol. The lowest BCUT2D eigenvalue weighted by Crippen LogP contribution is -2.37. The Morgan fingerprint density at radius 3 is 2.79 bits per heavy atom. The van der Waals surface area contributed by atoms with Crippen LogP contribution in [0.4, 0.5) is 11.6 Å². The highest BCUT2D eigenvalue weighted by molar-refractivity contribution is 5.93. The number of carbonyl (C=O) groups is 2. The first-order chi connectivity index (χ1) is 20.2. The molecule has 4 atom stereocenters. The molecule has 1 saturated heterocycles. The van der Waals surface area contributed by atoms with Crippen LogP contribution < -0.4 is 15.0 Å². The standard InChI is InChI=1S/C28H30N10O4/c1-14-6-7-29-24(31-14)18-9-19(18)26(40)34-27-33-22(10-30-35-27)42-15(2)20-12-37-11-17(16-4-5-16)8-21(25(37)32-20)38-13-23(39)36(3)28(38)41/h6-8,10-12,15-16,18-19,28,41H,4-5,9,13H2,1-3H3,(H,33,34,35,40)/t15?,18-,19-,28?/m0/s1. The summed E-state index contributed by atoms with van der Waals surface area (Å²) in [5.41, 5.74) is 3.92. The molecule has 14 heteroatoms. The number of hydrogen-bond donors (Lipinski definition) is 2. The van der Waals surface area contributed by atoms with Gasteiger partial charge in [0, 0.05) is 43.2 Å². The van der Waals surface area contributed by atoms with Crippen molar-refractivity contribution in [3.05, 3.63) is 59.7 Å². The second-order valence-electron chi connectivity index (χ2n) is 11.2. The summed E-state index contributed by atoms with van der Waals surface area (Å²) in [5, 5.41) is 21.3. The number of aromatic nitrogens is 7. The molecule has 3 aliphatic rings. The first-order valence-corrected chi connectivity index (χ1v) is 13.9. The Morgan fingerprint density at radius 2 is 2.05 bits per heavy atom. The van der Waals surface area contributed by atoms with Gasteiger partial charge in [0.15, 0.2) is 5.65 Å². The fourth-order valence-electron chi connectivity index (χ4n) is 5.31. The summed E-state index contributed by atoms with van der Waals surface area (Å²) in [5.74, 6) is 0.679. The summed E-state index contributed by atoms with van der Waals surface area (Å²) >= 11 is 0. The third-order valence-corrected chi connectivity index (χ3v) is 8.01. The van der Waals surface area contributed by atoms with Crippen LogP contribution in [0.5, 0.6) is 5.88 Å². The predicted molar refractivity (Wildman–Crippen MR) is 148 cm³/mol. The molecule has 2 saturated carbocycles. The van der Waals surface area contributed by atoms with Crippen LogP contribution in [0, 0.1) is 12.8 Å². The lowest BCUT2D eigenvalue weighted by Gasteiger charge is -2.24. The summed E-state index contributed by atoms with van der Waals surface area (Å²) in [7, 11) is 1.58. The van der Waals surface area contributed by atoms with E-state index in [4.69, 9.17) is 9.72 Å². The number of nitrogens with one attached hydrogen (secondary N) is 1. The predicted octanol–water partition coefficient (Wildman–Crippen LogP) is 1.93. The number of hydrogen-bond acceptors (Lipinski definition) is 11. The summed E-state index contributed by atoms with van der Waals surface area (Å²) in [4.78, 5) is 45.9. The Hall–Kier alpha value is -4.72. The second-order valence-corrected chi connectivity index (χ2v) is 11.2. The molecular weight excluding hydrogens is 540 g/mol. The number of carbonyl (C=O) groups excluding carboxylic acids is 2. The SMILES string of the molecule is Cc1ccnc([C@H]2C[C@@H]2C(=O)Nc2nncc(OC(C)c3cn4cc(C5CC5)cc(N5CC(=O)N(C)C5O)c4n3)n2)n1. The van der Waals surface area contributed by atoms with Gasteiger partial charge in [-0.05, 0) is 56.7 Å². The summed E-state index contributed by atoms with van der Waals surface area (Å²) in [6.45, 7) is 3.79. The number of imidazole rings is 1. The molecule has 0 bridgehead atoms. The molecule has 42 heavy (non-hydrogen) atoms. The van der Waals surface area contributed by atoms with E-state index in [1.165, 1.54) is 11.1 Å². The molecule has 7 rings (SSSR count). The van der Waals surface area contributed by atoms with Crippen LogP contribution >= 0.6 is 0 Å². The molecule has 4 aromatic heterocycles. The minimum Gasteiger partial charge on any atom is -0.467 e. The maximum absolute atomic E-state index is 12.8. The Labute approximate surface area is 240 Å². The number of ether oxygens (including phenoxy) is 1.